The molecule has 4 rings (SSSR count). The van der Waals surface area contributed by atoms with Crippen LogP contribution in [-0.2, 0) is 12.2 Å². The van der Waals surface area contributed by atoms with Gasteiger partial charge in [0, 0.05) is 16.6 Å². The summed E-state index contributed by atoms with van der Waals surface area (Å²) in [6.07, 6.45) is 1.03. The number of nitrogens with zero attached hydrogens (tertiary/aromatic N) is 4. The van der Waals surface area contributed by atoms with Crippen LogP contribution in [0, 0.1) is 0 Å². The maximum Gasteiger partial charge on any atom is 0.237 e. The summed E-state index contributed by atoms with van der Waals surface area (Å²) in [7, 11) is 0. The molecule has 0 atom stereocenters. The molecule has 0 aliphatic carbocycles. The molecule has 0 aliphatic heterocycles. The number of rotatable bonds is 7. The van der Waals surface area contributed by atoms with E-state index in [-0.39, 0.29) is 0 Å². The quantitative estimate of drug-likeness (QED) is 0.424. The van der Waals surface area contributed by atoms with Crippen LogP contribution in [0.3, 0.4) is 0 Å². The van der Waals surface area contributed by atoms with Crippen molar-refractivity contribution >= 4 is 45.3 Å². The van der Waals surface area contributed by atoms with Gasteiger partial charge in [-0.3, -0.25) is 0 Å². The van der Waals surface area contributed by atoms with Gasteiger partial charge >= 0.3 is 0 Å². The first-order chi connectivity index (χ1) is 12.8. The molecule has 0 aliphatic rings. The zero-order chi connectivity index (χ0) is 17.8. The highest BCUT2D eigenvalue weighted by Crippen LogP contribution is 2.30. The smallest absolute Gasteiger partial charge is 0.237 e. The molecule has 0 amide bonds. The average molecular weight is 402 g/mol. The maximum absolute atomic E-state index is 5.30. The topological polar surface area (TPSA) is 76.7 Å². The number of aryl methyl sites for hydroxylation is 1. The molecule has 1 N–H and O–H groups in total. The van der Waals surface area contributed by atoms with E-state index in [9.17, 15) is 0 Å². The second-order valence-corrected chi connectivity index (χ2v) is 8.34. The third-order valence-corrected chi connectivity index (χ3v) is 6.23. The Hall–Kier alpha value is -2.23. The predicted octanol–water partition coefficient (Wildman–Crippen LogP) is 5.25. The van der Waals surface area contributed by atoms with Crippen LogP contribution in [0.15, 0.2) is 50.0 Å². The number of thioether (sulfide) groups is 1. The lowest BCUT2D eigenvalue weighted by molar-refractivity contribution is 0.391. The third kappa shape index (κ3) is 4.12. The van der Waals surface area contributed by atoms with Crippen molar-refractivity contribution in [2.24, 2.45) is 0 Å². The van der Waals surface area contributed by atoms with Gasteiger partial charge in [0.05, 0.1) is 5.75 Å². The van der Waals surface area contributed by atoms with E-state index in [0.29, 0.717) is 17.5 Å². The van der Waals surface area contributed by atoms with Crippen molar-refractivity contribution in [2.45, 2.75) is 23.4 Å². The first-order valence-corrected chi connectivity index (χ1v) is 10.7. The molecular weight excluding hydrogens is 386 g/mol. The standard InChI is InChI=1S/C17H15N5OS3/c1-2-11-3-5-13(6-4-11)18-16-20-21-17(26-16)25-10-14-19-15(22-23-14)12-7-8-24-9-12/h3-9H,2,10H2,1H3,(H,18,20). The summed E-state index contributed by atoms with van der Waals surface area (Å²) in [5.41, 5.74) is 3.30. The Morgan fingerprint density at radius 1 is 1.15 bits per heavy atom. The van der Waals surface area contributed by atoms with Gasteiger partial charge in [-0.05, 0) is 35.6 Å². The van der Waals surface area contributed by atoms with E-state index in [1.807, 2.05) is 16.8 Å². The fourth-order valence-electron chi connectivity index (χ4n) is 2.21. The van der Waals surface area contributed by atoms with Gasteiger partial charge in [-0.25, -0.2) is 0 Å². The molecule has 0 fully saturated rings. The number of anilines is 2. The summed E-state index contributed by atoms with van der Waals surface area (Å²) in [6, 6.07) is 10.3. The molecule has 3 heterocycles. The van der Waals surface area contributed by atoms with Crippen molar-refractivity contribution in [3.8, 4) is 11.4 Å². The molecule has 3 aromatic heterocycles. The number of hydrogen-bond donors (Lipinski definition) is 1. The van der Waals surface area contributed by atoms with Gasteiger partial charge in [-0.2, -0.15) is 16.3 Å². The van der Waals surface area contributed by atoms with Crippen LogP contribution >= 0.6 is 34.4 Å². The van der Waals surface area contributed by atoms with Crippen molar-refractivity contribution in [2.75, 3.05) is 5.32 Å². The van der Waals surface area contributed by atoms with E-state index in [4.69, 9.17) is 4.52 Å². The fourth-order valence-corrected chi connectivity index (χ4v) is 4.46. The SMILES string of the molecule is CCc1ccc(Nc2nnc(SCc3nc(-c4ccsc4)no3)s2)cc1. The molecule has 6 nitrogen and oxygen atoms in total. The number of benzene rings is 1. The number of nitrogens with one attached hydrogen (secondary N) is 1. The summed E-state index contributed by atoms with van der Waals surface area (Å²) in [5, 5.41) is 20.4. The predicted molar refractivity (Wildman–Crippen MR) is 106 cm³/mol. The Kier molecular flexibility index (Phi) is 5.28. The van der Waals surface area contributed by atoms with Gasteiger partial charge in [0.2, 0.25) is 16.8 Å². The normalized spacial score (nSPS) is 11.0. The molecule has 1 aromatic carbocycles. The largest absolute Gasteiger partial charge is 0.338 e. The van der Waals surface area contributed by atoms with Gasteiger partial charge < -0.3 is 9.84 Å². The van der Waals surface area contributed by atoms with E-state index < -0.39 is 0 Å². The van der Waals surface area contributed by atoms with Gasteiger partial charge in [0.1, 0.15) is 0 Å². The van der Waals surface area contributed by atoms with Crippen LogP contribution in [0.4, 0.5) is 10.8 Å². The highest BCUT2D eigenvalue weighted by Gasteiger charge is 2.11. The van der Waals surface area contributed by atoms with Gasteiger partial charge in [-0.1, -0.05) is 47.3 Å². The van der Waals surface area contributed by atoms with Crippen LogP contribution in [0.1, 0.15) is 18.4 Å². The van der Waals surface area contributed by atoms with Gasteiger partial charge in [-0.15, -0.1) is 10.2 Å². The van der Waals surface area contributed by atoms with Gasteiger partial charge in [0.15, 0.2) is 4.34 Å². The number of aromatic nitrogens is 4. The Morgan fingerprint density at radius 3 is 2.81 bits per heavy atom. The lowest BCUT2D eigenvalue weighted by atomic mass is 10.1. The Labute approximate surface area is 162 Å². The molecule has 0 saturated carbocycles. The van der Waals surface area contributed by atoms with Crippen molar-refractivity contribution < 1.29 is 4.52 Å². The van der Waals surface area contributed by atoms with Crippen molar-refractivity contribution in [3.05, 3.63) is 52.5 Å². The summed E-state index contributed by atoms with van der Waals surface area (Å²) < 4.78 is 6.15. The second kappa shape index (κ2) is 7.98. The molecule has 0 saturated heterocycles. The molecule has 26 heavy (non-hydrogen) atoms. The van der Waals surface area contributed by atoms with E-state index >= 15 is 0 Å². The van der Waals surface area contributed by atoms with E-state index in [2.05, 4.69) is 56.8 Å². The lowest BCUT2D eigenvalue weighted by Gasteiger charge is -2.02. The van der Waals surface area contributed by atoms with Crippen molar-refractivity contribution in [3.63, 3.8) is 0 Å². The Morgan fingerprint density at radius 2 is 2.04 bits per heavy atom. The van der Waals surface area contributed by atoms with Crippen LogP contribution in [-0.4, -0.2) is 20.3 Å². The maximum atomic E-state index is 5.30. The molecule has 0 bridgehead atoms. The molecule has 4 aromatic rings. The zero-order valence-electron chi connectivity index (χ0n) is 13.9. The highest BCUT2D eigenvalue weighted by molar-refractivity contribution is 8.00. The monoisotopic (exact) mass is 401 g/mol. The molecule has 0 spiro atoms. The minimum atomic E-state index is 0.566. The van der Waals surface area contributed by atoms with Crippen LogP contribution < -0.4 is 5.32 Å². The third-order valence-electron chi connectivity index (χ3n) is 3.59. The van der Waals surface area contributed by atoms with E-state index in [0.717, 1.165) is 27.1 Å². The average Bonchev–Trinajstić information content (AvgIpc) is 3.42. The minimum Gasteiger partial charge on any atom is -0.338 e. The molecule has 132 valence electrons. The van der Waals surface area contributed by atoms with Crippen molar-refractivity contribution in [1.82, 2.24) is 20.3 Å². The second-order valence-electron chi connectivity index (χ2n) is 5.36. The van der Waals surface area contributed by atoms with Crippen LogP contribution in [0.25, 0.3) is 11.4 Å². The summed E-state index contributed by atoms with van der Waals surface area (Å²) in [5.74, 6) is 1.77. The first kappa shape index (κ1) is 17.2. The van der Waals surface area contributed by atoms with Gasteiger partial charge in [0.25, 0.3) is 0 Å². The summed E-state index contributed by atoms with van der Waals surface area (Å²) in [4.78, 5) is 4.41. The molecular formula is C17H15N5OS3. The number of hydrogen-bond acceptors (Lipinski definition) is 9. The van der Waals surface area contributed by atoms with Crippen LogP contribution in [0.5, 0.6) is 0 Å². The molecule has 0 unspecified atom stereocenters. The summed E-state index contributed by atoms with van der Waals surface area (Å²) in [6.45, 7) is 2.14. The Bertz CT molecular complexity index is 963. The molecule has 0 radical (unpaired) electrons. The fraction of sp³-hybridized carbons (Fsp3) is 0.176. The Balaban J connectivity index is 1.34. The highest BCUT2D eigenvalue weighted by atomic mass is 32.2. The van der Waals surface area contributed by atoms with E-state index in [1.165, 1.54) is 28.7 Å². The minimum absolute atomic E-state index is 0.566. The number of thiophene rings is 1. The lowest BCUT2D eigenvalue weighted by Crippen LogP contribution is -1.89. The summed E-state index contributed by atoms with van der Waals surface area (Å²) >= 11 is 4.64. The van der Waals surface area contributed by atoms with Crippen LogP contribution in [0.2, 0.25) is 0 Å². The zero-order valence-corrected chi connectivity index (χ0v) is 16.3. The first-order valence-electron chi connectivity index (χ1n) is 7.97. The van der Waals surface area contributed by atoms with E-state index in [1.54, 1.807) is 11.3 Å². The molecule has 9 heteroatoms. The van der Waals surface area contributed by atoms with Crippen molar-refractivity contribution in [1.29, 1.82) is 0 Å².